The van der Waals surface area contributed by atoms with E-state index in [1.165, 1.54) is 0 Å². The fraction of sp³-hybridized carbons (Fsp3) is 0.0909. The first-order valence-electron chi connectivity index (χ1n) is 4.45. The normalized spacial score (nSPS) is 10.2. The van der Waals surface area contributed by atoms with E-state index in [2.05, 4.69) is 4.98 Å². The largest absolute Gasteiger partial charge is 0.497 e. The van der Waals surface area contributed by atoms with Crippen LogP contribution in [0.15, 0.2) is 30.3 Å². The summed E-state index contributed by atoms with van der Waals surface area (Å²) < 4.78 is 5.07. The lowest BCUT2D eigenvalue weighted by Crippen LogP contribution is -2.12. The molecule has 0 fully saturated rings. The minimum absolute atomic E-state index is 0.260. The maximum atomic E-state index is 10.9. The molecular weight excluding hydrogens is 192 g/mol. The smallest absolute Gasteiger partial charge is 0.267 e. The highest BCUT2D eigenvalue weighted by Crippen LogP contribution is 2.19. The number of benzene rings is 1. The van der Waals surface area contributed by atoms with Crippen molar-refractivity contribution < 1.29 is 9.53 Å². The summed E-state index contributed by atoms with van der Waals surface area (Å²) >= 11 is 0. The van der Waals surface area contributed by atoms with Crippen LogP contribution < -0.4 is 10.5 Å². The fourth-order valence-corrected chi connectivity index (χ4v) is 1.36. The lowest BCUT2D eigenvalue weighted by molar-refractivity contribution is 0.0996. The number of nitrogens with zero attached hydrogens (tertiary/aromatic N) is 1. The Labute approximate surface area is 86.7 Å². The van der Waals surface area contributed by atoms with Crippen LogP contribution in [-0.2, 0) is 0 Å². The van der Waals surface area contributed by atoms with Crippen LogP contribution in [0.5, 0.6) is 5.75 Å². The van der Waals surface area contributed by atoms with Crippen LogP contribution in [0.3, 0.4) is 0 Å². The van der Waals surface area contributed by atoms with Gasteiger partial charge in [0, 0.05) is 11.5 Å². The Morgan fingerprint density at radius 1 is 1.33 bits per heavy atom. The molecule has 2 N–H and O–H groups in total. The van der Waals surface area contributed by atoms with Gasteiger partial charge in [-0.2, -0.15) is 0 Å². The van der Waals surface area contributed by atoms with E-state index in [1.807, 2.05) is 18.2 Å². The Balaban J connectivity index is 2.62. The van der Waals surface area contributed by atoms with Crippen molar-refractivity contribution in [3.63, 3.8) is 0 Å². The van der Waals surface area contributed by atoms with Gasteiger partial charge < -0.3 is 10.5 Å². The number of methoxy groups -OCH3 is 1. The summed E-state index contributed by atoms with van der Waals surface area (Å²) in [5.74, 6) is 0.177. The summed E-state index contributed by atoms with van der Waals surface area (Å²) in [7, 11) is 1.58. The second kappa shape index (κ2) is 3.57. The number of hydrogen-bond acceptors (Lipinski definition) is 3. The summed E-state index contributed by atoms with van der Waals surface area (Å²) in [6.07, 6.45) is 0. The van der Waals surface area contributed by atoms with Gasteiger partial charge >= 0.3 is 0 Å². The summed E-state index contributed by atoms with van der Waals surface area (Å²) in [6.45, 7) is 0. The van der Waals surface area contributed by atoms with Crippen molar-refractivity contribution in [3.05, 3.63) is 36.0 Å². The van der Waals surface area contributed by atoms with Gasteiger partial charge in [0.15, 0.2) is 0 Å². The summed E-state index contributed by atoms with van der Waals surface area (Å²) in [4.78, 5) is 15.1. The van der Waals surface area contributed by atoms with E-state index in [1.54, 1.807) is 19.2 Å². The van der Waals surface area contributed by atoms with E-state index in [9.17, 15) is 4.79 Å². The third kappa shape index (κ3) is 1.74. The lowest BCUT2D eigenvalue weighted by atomic mass is 10.2. The zero-order valence-electron chi connectivity index (χ0n) is 8.23. The zero-order valence-corrected chi connectivity index (χ0v) is 8.23. The van der Waals surface area contributed by atoms with Gasteiger partial charge in [-0.3, -0.25) is 4.79 Å². The number of nitrogens with two attached hydrogens (primary N) is 1. The molecule has 0 radical (unpaired) electrons. The van der Waals surface area contributed by atoms with Crippen molar-refractivity contribution in [2.75, 3.05) is 7.11 Å². The number of primary amides is 1. The van der Waals surface area contributed by atoms with Crippen molar-refractivity contribution in [1.82, 2.24) is 4.98 Å². The third-order valence-electron chi connectivity index (χ3n) is 2.15. The Morgan fingerprint density at radius 2 is 2.07 bits per heavy atom. The highest BCUT2D eigenvalue weighted by atomic mass is 16.5. The van der Waals surface area contributed by atoms with Gasteiger partial charge in [0.2, 0.25) is 0 Å². The standard InChI is InChI=1S/C11H10N2O2/c1-15-8-4-2-7-3-5-9(11(12)14)13-10(7)6-8/h2-6H,1H3,(H2,12,14). The molecule has 1 amide bonds. The first-order chi connectivity index (χ1) is 7.20. The highest BCUT2D eigenvalue weighted by Gasteiger charge is 2.03. The highest BCUT2D eigenvalue weighted by molar-refractivity contribution is 5.93. The van der Waals surface area contributed by atoms with Crippen LogP contribution in [0.1, 0.15) is 10.5 Å². The molecule has 0 aliphatic rings. The maximum absolute atomic E-state index is 10.9. The second-order valence-electron chi connectivity index (χ2n) is 3.12. The number of amides is 1. The molecule has 2 aromatic rings. The topological polar surface area (TPSA) is 65.2 Å². The fourth-order valence-electron chi connectivity index (χ4n) is 1.36. The molecule has 4 heteroatoms. The van der Waals surface area contributed by atoms with E-state index in [4.69, 9.17) is 10.5 Å². The lowest BCUT2D eigenvalue weighted by Gasteiger charge is -2.02. The van der Waals surface area contributed by atoms with Crippen molar-refractivity contribution in [2.45, 2.75) is 0 Å². The molecule has 0 saturated heterocycles. The number of rotatable bonds is 2. The van der Waals surface area contributed by atoms with E-state index in [-0.39, 0.29) is 5.69 Å². The van der Waals surface area contributed by atoms with E-state index in [0.29, 0.717) is 11.3 Å². The molecule has 76 valence electrons. The molecule has 1 heterocycles. The number of pyridine rings is 1. The average molecular weight is 202 g/mol. The molecule has 2 rings (SSSR count). The molecular formula is C11H10N2O2. The molecule has 0 aliphatic heterocycles. The maximum Gasteiger partial charge on any atom is 0.267 e. The van der Waals surface area contributed by atoms with Gasteiger partial charge in [0.05, 0.1) is 12.6 Å². The van der Waals surface area contributed by atoms with Gasteiger partial charge in [0.1, 0.15) is 11.4 Å². The molecule has 4 nitrogen and oxygen atoms in total. The average Bonchev–Trinajstić information content (AvgIpc) is 2.27. The van der Waals surface area contributed by atoms with E-state index < -0.39 is 5.91 Å². The van der Waals surface area contributed by atoms with E-state index in [0.717, 1.165) is 5.39 Å². The predicted molar refractivity (Wildman–Crippen MR) is 56.8 cm³/mol. The second-order valence-corrected chi connectivity index (χ2v) is 3.12. The van der Waals surface area contributed by atoms with Gasteiger partial charge in [-0.05, 0) is 18.2 Å². The molecule has 0 aliphatic carbocycles. The van der Waals surface area contributed by atoms with Crippen LogP contribution in [0.25, 0.3) is 10.9 Å². The summed E-state index contributed by atoms with van der Waals surface area (Å²) in [5.41, 5.74) is 6.10. The van der Waals surface area contributed by atoms with Crippen LogP contribution in [-0.4, -0.2) is 18.0 Å². The van der Waals surface area contributed by atoms with Crippen molar-refractivity contribution >= 4 is 16.8 Å². The number of fused-ring (bicyclic) bond motifs is 1. The van der Waals surface area contributed by atoms with Gasteiger partial charge in [0.25, 0.3) is 5.91 Å². The Hall–Kier alpha value is -2.10. The number of carbonyl (C=O) groups is 1. The predicted octanol–water partition coefficient (Wildman–Crippen LogP) is 1.34. The monoisotopic (exact) mass is 202 g/mol. The zero-order chi connectivity index (χ0) is 10.8. The molecule has 0 spiro atoms. The van der Waals surface area contributed by atoms with Crippen LogP contribution >= 0.6 is 0 Å². The molecule has 1 aromatic carbocycles. The minimum Gasteiger partial charge on any atom is -0.497 e. The van der Waals surface area contributed by atoms with Crippen LogP contribution in [0.2, 0.25) is 0 Å². The third-order valence-corrected chi connectivity index (χ3v) is 2.15. The number of hydrogen-bond donors (Lipinski definition) is 1. The SMILES string of the molecule is COc1ccc2ccc(C(N)=O)nc2c1. The van der Waals surface area contributed by atoms with Crippen LogP contribution in [0, 0.1) is 0 Å². The van der Waals surface area contributed by atoms with Crippen molar-refractivity contribution in [2.24, 2.45) is 5.73 Å². The molecule has 0 unspecified atom stereocenters. The molecule has 0 saturated carbocycles. The molecule has 15 heavy (non-hydrogen) atoms. The van der Waals surface area contributed by atoms with Gasteiger partial charge in [-0.15, -0.1) is 0 Å². The van der Waals surface area contributed by atoms with Gasteiger partial charge in [-0.1, -0.05) is 6.07 Å². The Bertz CT molecular complexity index is 523. The van der Waals surface area contributed by atoms with Crippen molar-refractivity contribution in [3.8, 4) is 5.75 Å². The van der Waals surface area contributed by atoms with Crippen molar-refractivity contribution in [1.29, 1.82) is 0 Å². The quantitative estimate of drug-likeness (QED) is 0.799. The van der Waals surface area contributed by atoms with Gasteiger partial charge in [-0.25, -0.2) is 4.98 Å². The minimum atomic E-state index is -0.528. The summed E-state index contributed by atoms with van der Waals surface area (Å²) in [6, 6.07) is 8.90. The molecule has 0 bridgehead atoms. The molecule has 0 atom stereocenters. The van der Waals surface area contributed by atoms with Crippen LogP contribution in [0.4, 0.5) is 0 Å². The summed E-state index contributed by atoms with van der Waals surface area (Å²) in [5, 5.41) is 0.945. The number of carbonyl (C=O) groups excluding carboxylic acids is 1. The number of ether oxygens (including phenoxy) is 1. The van der Waals surface area contributed by atoms with E-state index >= 15 is 0 Å². The Kier molecular flexibility index (Phi) is 2.25. The molecule has 1 aromatic heterocycles. The Morgan fingerprint density at radius 3 is 2.73 bits per heavy atom. The number of aromatic nitrogens is 1. The first-order valence-corrected chi connectivity index (χ1v) is 4.45. The first kappa shape index (κ1) is 9.45.